The van der Waals surface area contributed by atoms with Crippen molar-refractivity contribution < 1.29 is 4.79 Å². The highest BCUT2D eigenvalue weighted by molar-refractivity contribution is 7.09. The average molecular weight is 450 g/mol. The molecule has 0 bridgehead atoms. The number of aryl methyl sites for hydroxylation is 1. The van der Waals surface area contributed by atoms with Crippen molar-refractivity contribution in [3.05, 3.63) is 16.1 Å². The van der Waals surface area contributed by atoms with Crippen LogP contribution in [0.4, 0.5) is 0 Å². The minimum atomic E-state index is 0.113. The van der Waals surface area contributed by atoms with E-state index in [1.807, 2.05) is 20.9 Å². The van der Waals surface area contributed by atoms with Gasteiger partial charge in [-0.25, -0.2) is 4.98 Å². The van der Waals surface area contributed by atoms with Crippen molar-refractivity contribution in [3.8, 4) is 0 Å². The molecule has 2 aliphatic heterocycles. The zero-order valence-electron chi connectivity index (χ0n) is 19.6. The van der Waals surface area contributed by atoms with Gasteiger partial charge in [0.15, 0.2) is 5.96 Å². The zero-order valence-corrected chi connectivity index (χ0v) is 20.4. The predicted molar refractivity (Wildman–Crippen MR) is 128 cm³/mol. The Bertz CT molecular complexity index is 719. The van der Waals surface area contributed by atoms with Gasteiger partial charge in [-0.2, -0.15) is 0 Å². The van der Waals surface area contributed by atoms with Gasteiger partial charge in [0, 0.05) is 57.7 Å². The van der Waals surface area contributed by atoms with E-state index in [-0.39, 0.29) is 11.9 Å². The van der Waals surface area contributed by atoms with Gasteiger partial charge in [0.2, 0.25) is 5.91 Å². The van der Waals surface area contributed by atoms with Crippen molar-refractivity contribution in [1.82, 2.24) is 30.3 Å². The third-order valence-electron chi connectivity index (χ3n) is 6.01. The number of carbonyl (C=O) groups is 1. The number of amides is 1. The molecule has 1 aromatic heterocycles. The highest BCUT2D eigenvalue weighted by atomic mass is 32.1. The van der Waals surface area contributed by atoms with Crippen LogP contribution in [-0.4, -0.2) is 97.0 Å². The molecule has 0 aliphatic carbocycles. The fraction of sp³-hybridized carbons (Fsp3) is 0.773. The number of piperazine rings is 1. The van der Waals surface area contributed by atoms with Crippen LogP contribution in [0.5, 0.6) is 0 Å². The Morgan fingerprint density at radius 3 is 2.48 bits per heavy atom. The number of nitrogens with zero attached hydrogens (tertiary/aromatic N) is 5. The molecule has 8 nitrogen and oxygen atoms in total. The van der Waals surface area contributed by atoms with Gasteiger partial charge in [0.05, 0.1) is 17.2 Å². The first-order valence-electron chi connectivity index (χ1n) is 11.5. The Morgan fingerprint density at radius 2 is 1.90 bits per heavy atom. The summed E-state index contributed by atoms with van der Waals surface area (Å²) < 4.78 is 0. The molecular weight excluding hydrogens is 410 g/mol. The Morgan fingerprint density at radius 1 is 1.19 bits per heavy atom. The van der Waals surface area contributed by atoms with Gasteiger partial charge in [0.25, 0.3) is 0 Å². The van der Waals surface area contributed by atoms with Crippen LogP contribution >= 0.6 is 11.3 Å². The maximum atomic E-state index is 12.0. The first kappa shape index (κ1) is 23.9. The number of nitrogens with one attached hydrogen (secondary N) is 2. The van der Waals surface area contributed by atoms with Gasteiger partial charge in [-0.15, -0.1) is 11.3 Å². The summed E-state index contributed by atoms with van der Waals surface area (Å²) in [6.07, 6.45) is 2.43. The molecule has 9 heteroatoms. The molecule has 2 N–H and O–H groups in total. The minimum Gasteiger partial charge on any atom is -0.356 e. The van der Waals surface area contributed by atoms with Gasteiger partial charge >= 0.3 is 0 Å². The Balaban J connectivity index is 1.34. The number of hydrogen-bond acceptors (Lipinski definition) is 6. The first-order valence-corrected chi connectivity index (χ1v) is 12.4. The summed E-state index contributed by atoms with van der Waals surface area (Å²) in [6.45, 7) is 14.4. The Kier molecular flexibility index (Phi) is 9.10. The summed E-state index contributed by atoms with van der Waals surface area (Å²) in [4.78, 5) is 28.2. The molecule has 0 saturated carbocycles. The quantitative estimate of drug-likeness (QED) is 0.484. The third kappa shape index (κ3) is 7.73. The van der Waals surface area contributed by atoms with Gasteiger partial charge in [-0.3, -0.25) is 19.6 Å². The van der Waals surface area contributed by atoms with Gasteiger partial charge < -0.3 is 15.5 Å². The van der Waals surface area contributed by atoms with E-state index in [4.69, 9.17) is 0 Å². The average Bonchev–Trinajstić information content (AvgIpc) is 3.14. The monoisotopic (exact) mass is 449 g/mol. The van der Waals surface area contributed by atoms with E-state index in [0.717, 1.165) is 63.3 Å². The largest absolute Gasteiger partial charge is 0.356 e. The molecule has 1 amide bonds. The molecule has 2 aliphatic rings. The number of piperidine rings is 1. The van der Waals surface area contributed by atoms with Crippen LogP contribution in [0, 0.1) is 12.8 Å². The second-order valence-corrected chi connectivity index (χ2v) is 10.1. The zero-order chi connectivity index (χ0) is 22.2. The molecule has 3 heterocycles. The number of aromatic nitrogens is 1. The van der Waals surface area contributed by atoms with Crippen LogP contribution in [0.15, 0.2) is 10.4 Å². The Hall–Kier alpha value is -1.71. The van der Waals surface area contributed by atoms with Crippen molar-refractivity contribution in [2.24, 2.45) is 10.9 Å². The molecule has 0 radical (unpaired) electrons. The fourth-order valence-corrected chi connectivity index (χ4v) is 4.92. The predicted octanol–water partition coefficient (Wildman–Crippen LogP) is 1.38. The minimum absolute atomic E-state index is 0.113. The number of hydrogen-bond donors (Lipinski definition) is 2. The summed E-state index contributed by atoms with van der Waals surface area (Å²) in [5, 5.41) is 9.92. The maximum Gasteiger partial charge on any atom is 0.234 e. The van der Waals surface area contributed by atoms with E-state index in [1.165, 1.54) is 18.5 Å². The normalized spacial score (nSPS) is 19.8. The van der Waals surface area contributed by atoms with Crippen LogP contribution < -0.4 is 10.6 Å². The van der Waals surface area contributed by atoms with E-state index in [1.54, 1.807) is 11.3 Å². The van der Waals surface area contributed by atoms with Crippen molar-refractivity contribution in [2.75, 3.05) is 59.4 Å². The maximum absolute atomic E-state index is 12.0. The number of likely N-dealkylation sites (tertiary alicyclic amines) is 1. The Labute approximate surface area is 191 Å². The van der Waals surface area contributed by atoms with E-state index in [9.17, 15) is 4.79 Å². The van der Waals surface area contributed by atoms with E-state index in [0.29, 0.717) is 12.5 Å². The second-order valence-electron chi connectivity index (χ2n) is 8.99. The molecule has 0 aromatic carbocycles. The SMILES string of the molecule is CN=C(NCC1CCN(Cc2csc(C)n2)CC1)N1CCN(CC(=O)NC(C)C)CC1. The number of aliphatic imine (C=N–C) groups is 1. The van der Waals surface area contributed by atoms with E-state index >= 15 is 0 Å². The molecule has 0 unspecified atom stereocenters. The van der Waals surface area contributed by atoms with Crippen molar-refractivity contribution in [1.29, 1.82) is 0 Å². The van der Waals surface area contributed by atoms with Crippen LogP contribution in [0.2, 0.25) is 0 Å². The lowest BCUT2D eigenvalue weighted by Gasteiger charge is -2.37. The van der Waals surface area contributed by atoms with Crippen LogP contribution in [0.1, 0.15) is 37.4 Å². The van der Waals surface area contributed by atoms with Crippen LogP contribution in [0.3, 0.4) is 0 Å². The highest BCUT2D eigenvalue weighted by Gasteiger charge is 2.23. The third-order valence-corrected chi connectivity index (χ3v) is 6.83. The van der Waals surface area contributed by atoms with E-state index < -0.39 is 0 Å². The molecule has 0 spiro atoms. The summed E-state index contributed by atoms with van der Waals surface area (Å²) >= 11 is 1.74. The molecule has 2 fully saturated rings. The lowest BCUT2D eigenvalue weighted by Crippen LogP contribution is -2.54. The molecular formula is C22H39N7OS. The van der Waals surface area contributed by atoms with Crippen molar-refractivity contribution in [2.45, 2.75) is 46.2 Å². The van der Waals surface area contributed by atoms with Crippen molar-refractivity contribution in [3.63, 3.8) is 0 Å². The summed E-state index contributed by atoms with van der Waals surface area (Å²) in [7, 11) is 1.86. The molecule has 3 rings (SSSR count). The lowest BCUT2D eigenvalue weighted by atomic mass is 9.97. The van der Waals surface area contributed by atoms with Crippen LogP contribution in [0.25, 0.3) is 0 Å². The van der Waals surface area contributed by atoms with Gasteiger partial charge in [-0.05, 0) is 52.6 Å². The molecule has 0 atom stereocenters. The summed E-state index contributed by atoms with van der Waals surface area (Å²) in [5.41, 5.74) is 1.21. The first-order chi connectivity index (χ1) is 14.9. The van der Waals surface area contributed by atoms with Gasteiger partial charge in [0.1, 0.15) is 0 Å². The number of carbonyl (C=O) groups excluding carboxylic acids is 1. The smallest absolute Gasteiger partial charge is 0.234 e. The lowest BCUT2D eigenvalue weighted by molar-refractivity contribution is -0.123. The standard InChI is InChI=1S/C22H39N7OS/c1-17(2)25-21(30)15-28-9-11-29(12-10-28)22(23-4)24-13-19-5-7-27(8-6-19)14-20-16-31-18(3)26-20/h16-17,19H,5-15H2,1-4H3,(H,23,24)(H,25,30). The molecule has 1 aromatic rings. The van der Waals surface area contributed by atoms with Crippen LogP contribution in [-0.2, 0) is 11.3 Å². The van der Waals surface area contributed by atoms with Gasteiger partial charge in [-0.1, -0.05) is 0 Å². The fourth-order valence-electron chi connectivity index (χ4n) is 4.32. The topological polar surface area (TPSA) is 76.1 Å². The number of guanidine groups is 1. The molecule has 174 valence electrons. The molecule has 2 saturated heterocycles. The van der Waals surface area contributed by atoms with E-state index in [2.05, 4.69) is 47.6 Å². The summed E-state index contributed by atoms with van der Waals surface area (Å²) in [5.74, 6) is 1.79. The number of thiazole rings is 1. The highest BCUT2D eigenvalue weighted by Crippen LogP contribution is 2.19. The summed E-state index contributed by atoms with van der Waals surface area (Å²) in [6, 6.07) is 0.195. The van der Waals surface area contributed by atoms with Crippen molar-refractivity contribution >= 4 is 23.2 Å². The second kappa shape index (κ2) is 11.8. The molecule has 31 heavy (non-hydrogen) atoms. The number of rotatable bonds is 7.